The number of benzene rings is 1. The largest absolute Gasteiger partial charge is 0.491 e. The molecule has 0 fully saturated rings. The maximum absolute atomic E-state index is 5.97. The molecular formula is C11H17ClN2O. The fourth-order valence-corrected chi connectivity index (χ4v) is 1.22. The van der Waals surface area contributed by atoms with Crippen LogP contribution in [0.1, 0.15) is 20.8 Å². The van der Waals surface area contributed by atoms with E-state index >= 15 is 0 Å². The average molecular weight is 229 g/mol. The molecule has 0 heterocycles. The van der Waals surface area contributed by atoms with Gasteiger partial charge in [0.25, 0.3) is 0 Å². The molecule has 1 rings (SSSR count). The van der Waals surface area contributed by atoms with Crippen LogP contribution in [0.2, 0.25) is 5.02 Å². The van der Waals surface area contributed by atoms with Gasteiger partial charge in [0.05, 0.1) is 23.0 Å². The van der Waals surface area contributed by atoms with E-state index in [2.05, 4.69) is 20.8 Å². The lowest BCUT2D eigenvalue weighted by molar-refractivity contribution is 0.198. The van der Waals surface area contributed by atoms with Crippen LogP contribution in [0.25, 0.3) is 0 Å². The molecule has 0 saturated carbocycles. The molecule has 0 amide bonds. The Balaban J connectivity index is 2.82. The summed E-state index contributed by atoms with van der Waals surface area (Å²) >= 11 is 5.97. The van der Waals surface area contributed by atoms with Crippen LogP contribution in [-0.2, 0) is 0 Å². The molecule has 0 aliphatic heterocycles. The smallest absolute Gasteiger partial charge is 0.140 e. The fourth-order valence-electron chi connectivity index (χ4n) is 0.989. The molecule has 0 spiro atoms. The van der Waals surface area contributed by atoms with E-state index in [1.54, 1.807) is 12.1 Å². The topological polar surface area (TPSA) is 61.3 Å². The number of nitrogen functional groups attached to an aromatic ring is 2. The normalized spacial score (nSPS) is 11.5. The highest BCUT2D eigenvalue weighted by atomic mass is 35.5. The molecule has 0 aromatic heterocycles. The third-order valence-electron chi connectivity index (χ3n) is 1.80. The molecule has 3 nitrogen and oxygen atoms in total. The maximum atomic E-state index is 5.97. The van der Waals surface area contributed by atoms with Gasteiger partial charge in [-0.3, -0.25) is 0 Å². The number of hydrogen-bond donors (Lipinski definition) is 2. The third kappa shape index (κ3) is 3.51. The predicted octanol–water partition coefficient (Wildman–Crippen LogP) is 2.93. The van der Waals surface area contributed by atoms with E-state index in [1.165, 1.54) is 0 Å². The van der Waals surface area contributed by atoms with Gasteiger partial charge in [0, 0.05) is 6.07 Å². The van der Waals surface area contributed by atoms with Crippen molar-refractivity contribution in [2.75, 3.05) is 18.1 Å². The summed E-state index contributed by atoms with van der Waals surface area (Å²) in [5, 5.41) is 0.492. The molecule has 0 aliphatic carbocycles. The molecule has 84 valence electrons. The summed E-state index contributed by atoms with van der Waals surface area (Å²) in [6.07, 6.45) is 0. The van der Waals surface area contributed by atoms with Crippen LogP contribution in [0, 0.1) is 5.41 Å². The Kier molecular flexibility index (Phi) is 3.35. The van der Waals surface area contributed by atoms with Gasteiger partial charge in [0.2, 0.25) is 0 Å². The third-order valence-corrected chi connectivity index (χ3v) is 2.09. The molecule has 0 bridgehead atoms. The van der Waals surface area contributed by atoms with Gasteiger partial charge in [-0.1, -0.05) is 32.4 Å². The Hall–Kier alpha value is -1.09. The van der Waals surface area contributed by atoms with Crippen LogP contribution < -0.4 is 16.2 Å². The number of ether oxygens (including phenoxy) is 1. The van der Waals surface area contributed by atoms with E-state index in [-0.39, 0.29) is 5.41 Å². The zero-order valence-corrected chi connectivity index (χ0v) is 10.1. The molecule has 0 saturated heterocycles. The van der Waals surface area contributed by atoms with Crippen molar-refractivity contribution in [1.29, 1.82) is 0 Å². The van der Waals surface area contributed by atoms with Crippen LogP contribution in [0.15, 0.2) is 12.1 Å². The minimum Gasteiger partial charge on any atom is -0.491 e. The number of halogens is 1. The second-order valence-corrected chi connectivity index (χ2v) is 5.17. The summed E-state index contributed by atoms with van der Waals surface area (Å²) in [4.78, 5) is 0. The molecule has 0 radical (unpaired) electrons. The van der Waals surface area contributed by atoms with E-state index in [1.807, 2.05) is 0 Å². The summed E-state index contributed by atoms with van der Waals surface area (Å²) in [5.41, 5.74) is 12.3. The SMILES string of the molecule is CC(C)(C)COc1cc(N)c(N)cc1Cl. The second kappa shape index (κ2) is 4.19. The fraction of sp³-hybridized carbons (Fsp3) is 0.455. The summed E-state index contributed by atoms with van der Waals surface area (Å²) in [5.74, 6) is 0.582. The zero-order chi connectivity index (χ0) is 11.6. The predicted molar refractivity (Wildman–Crippen MR) is 65.2 cm³/mol. The lowest BCUT2D eigenvalue weighted by Gasteiger charge is -2.19. The van der Waals surface area contributed by atoms with Crippen molar-refractivity contribution in [2.24, 2.45) is 5.41 Å². The lowest BCUT2D eigenvalue weighted by Crippen LogP contribution is -2.17. The van der Waals surface area contributed by atoms with Crippen molar-refractivity contribution in [2.45, 2.75) is 20.8 Å². The molecule has 1 aromatic carbocycles. The maximum Gasteiger partial charge on any atom is 0.140 e. The summed E-state index contributed by atoms with van der Waals surface area (Å²) < 4.78 is 5.57. The minimum atomic E-state index is 0.0828. The van der Waals surface area contributed by atoms with Crippen molar-refractivity contribution in [3.63, 3.8) is 0 Å². The summed E-state index contributed by atoms with van der Waals surface area (Å²) in [6.45, 7) is 6.83. The lowest BCUT2D eigenvalue weighted by atomic mass is 9.99. The van der Waals surface area contributed by atoms with Crippen LogP contribution in [0.3, 0.4) is 0 Å². The van der Waals surface area contributed by atoms with Gasteiger partial charge < -0.3 is 16.2 Å². The van der Waals surface area contributed by atoms with E-state index in [0.29, 0.717) is 28.8 Å². The molecule has 0 unspecified atom stereocenters. The number of nitrogens with two attached hydrogens (primary N) is 2. The molecular weight excluding hydrogens is 212 g/mol. The van der Waals surface area contributed by atoms with Gasteiger partial charge in [0.15, 0.2) is 0 Å². The Bertz CT molecular complexity index is 358. The van der Waals surface area contributed by atoms with E-state index in [0.717, 1.165) is 0 Å². The highest BCUT2D eigenvalue weighted by Gasteiger charge is 2.13. The molecule has 1 aromatic rings. The van der Waals surface area contributed by atoms with E-state index in [9.17, 15) is 0 Å². The monoisotopic (exact) mass is 228 g/mol. The zero-order valence-electron chi connectivity index (χ0n) is 9.30. The van der Waals surface area contributed by atoms with Crippen molar-refractivity contribution in [3.8, 4) is 5.75 Å². The second-order valence-electron chi connectivity index (χ2n) is 4.76. The van der Waals surface area contributed by atoms with Gasteiger partial charge in [-0.2, -0.15) is 0 Å². The van der Waals surface area contributed by atoms with Crippen molar-refractivity contribution < 1.29 is 4.74 Å². The van der Waals surface area contributed by atoms with Crippen LogP contribution >= 0.6 is 11.6 Å². The van der Waals surface area contributed by atoms with Gasteiger partial charge in [-0.25, -0.2) is 0 Å². The van der Waals surface area contributed by atoms with Gasteiger partial charge in [0.1, 0.15) is 5.75 Å². The number of hydrogen-bond acceptors (Lipinski definition) is 3. The molecule has 0 atom stereocenters. The molecule has 0 aliphatic rings. The quantitative estimate of drug-likeness (QED) is 0.766. The Morgan fingerprint density at radius 1 is 1.20 bits per heavy atom. The number of anilines is 2. The first-order valence-corrected chi connectivity index (χ1v) is 5.15. The van der Waals surface area contributed by atoms with E-state index < -0.39 is 0 Å². The first-order chi connectivity index (χ1) is 6.79. The van der Waals surface area contributed by atoms with Crippen LogP contribution in [0.5, 0.6) is 5.75 Å². The van der Waals surface area contributed by atoms with Crippen molar-refractivity contribution in [1.82, 2.24) is 0 Å². The number of rotatable bonds is 2. The summed E-state index contributed by atoms with van der Waals surface area (Å²) in [6, 6.07) is 3.26. The molecule has 4 heteroatoms. The van der Waals surface area contributed by atoms with Gasteiger partial charge in [-0.15, -0.1) is 0 Å². The van der Waals surface area contributed by atoms with Crippen molar-refractivity contribution in [3.05, 3.63) is 17.2 Å². The molecule has 4 N–H and O–H groups in total. The van der Waals surface area contributed by atoms with Crippen LogP contribution in [0.4, 0.5) is 11.4 Å². The van der Waals surface area contributed by atoms with Crippen LogP contribution in [-0.4, -0.2) is 6.61 Å². The minimum absolute atomic E-state index is 0.0828. The van der Waals surface area contributed by atoms with E-state index in [4.69, 9.17) is 27.8 Å². The average Bonchev–Trinajstić information content (AvgIpc) is 2.07. The van der Waals surface area contributed by atoms with Gasteiger partial charge >= 0.3 is 0 Å². The Labute approximate surface area is 95.4 Å². The standard InChI is InChI=1S/C11H17ClN2O/c1-11(2,3)6-15-10-5-9(14)8(13)4-7(10)12/h4-5H,6,13-14H2,1-3H3. The van der Waals surface area contributed by atoms with Gasteiger partial charge in [-0.05, 0) is 11.5 Å². The Morgan fingerprint density at radius 3 is 2.27 bits per heavy atom. The first kappa shape index (κ1) is 12.0. The summed E-state index contributed by atoms with van der Waals surface area (Å²) in [7, 11) is 0. The first-order valence-electron chi connectivity index (χ1n) is 4.77. The van der Waals surface area contributed by atoms with Crippen molar-refractivity contribution >= 4 is 23.0 Å². The molecule has 15 heavy (non-hydrogen) atoms. The Morgan fingerprint density at radius 2 is 1.73 bits per heavy atom. The highest BCUT2D eigenvalue weighted by molar-refractivity contribution is 6.32. The highest BCUT2D eigenvalue weighted by Crippen LogP contribution is 2.32.